The Kier molecular flexibility index (Phi) is 3.97. The molecular weight excluding hydrogens is 246 g/mol. The van der Waals surface area contributed by atoms with Crippen molar-refractivity contribution < 1.29 is 0 Å². The minimum absolute atomic E-state index is 0.767. The molecule has 2 aliphatic rings. The maximum atomic E-state index is 4.88. The number of aromatic nitrogens is 1. The number of fused-ring (bicyclic) bond motifs is 2. The number of hydrogen-bond donors (Lipinski definition) is 0. The van der Waals surface area contributed by atoms with E-state index in [1.807, 2.05) is 0 Å². The molecule has 2 heterocycles. The third kappa shape index (κ3) is 2.56. The molecular formula is C17H27N3. The lowest BCUT2D eigenvalue weighted by Gasteiger charge is -2.44. The predicted octanol–water partition coefficient (Wildman–Crippen LogP) is 2.74. The summed E-state index contributed by atoms with van der Waals surface area (Å²) in [6, 6.07) is 5.25. The van der Waals surface area contributed by atoms with E-state index in [2.05, 4.69) is 43.0 Å². The number of pyridine rings is 1. The largest absolute Gasteiger partial charge is 0.363 e. The van der Waals surface area contributed by atoms with Gasteiger partial charge in [-0.15, -0.1) is 0 Å². The Morgan fingerprint density at radius 3 is 2.90 bits per heavy atom. The van der Waals surface area contributed by atoms with E-state index in [-0.39, 0.29) is 0 Å². The average Bonchev–Trinajstić information content (AvgIpc) is 2.45. The molecule has 1 aliphatic heterocycles. The van der Waals surface area contributed by atoms with Gasteiger partial charge in [-0.25, -0.2) is 4.98 Å². The van der Waals surface area contributed by atoms with Crippen LogP contribution in [0.25, 0.3) is 0 Å². The summed E-state index contributed by atoms with van der Waals surface area (Å²) in [4.78, 5) is 9.72. The normalized spacial score (nSPS) is 25.9. The fourth-order valence-corrected chi connectivity index (χ4v) is 3.92. The summed E-state index contributed by atoms with van der Waals surface area (Å²) in [6.07, 6.45) is 6.42. The number of nitrogens with zero attached hydrogens (tertiary/aromatic N) is 3. The third-order valence-corrected chi connectivity index (χ3v) is 4.94. The number of likely N-dealkylation sites (tertiary alicyclic amines) is 1. The molecule has 0 unspecified atom stereocenters. The van der Waals surface area contributed by atoms with Crippen molar-refractivity contribution in [3.8, 4) is 0 Å². The lowest BCUT2D eigenvalue weighted by Crippen LogP contribution is -2.49. The van der Waals surface area contributed by atoms with Gasteiger partial charge in [0.15, 0.2) is 0 Å². The van der Waals surface area contributed by atoms with Crippen LogP contribution in [0.5, 0.6) is 0 Å². The van der Waals surface area contributed by atoms with Gasteiger partial charge in [-0.1, -0.05) is 13.0 Å². The van der Waals surface area contributed by atoms with E-state index < -0.39 is 0 Å². The van der Waals surface area contributed by atoms with Crippen molar-refractivity contribution in [2.75, 3.05) is 32.1 Å². The zero-order valence-electron chi connectivity index (χ0n) is 13.1. The molecule has 1 aromatic rings. The van der Waals surface area contributed by atoms with Gasteiger partial charge in [0.2, 0.25) is 0 Å². The molecule has 0 spiro atoms. The van der Waals surface area contributed by atoms with Gasteiger partial charge in [-0.3, -0.25) is 4.90 Å². The monoisotopic (exact) mass is 273 g/mol. The van der Waals surface area contributed by atoms with Crippen molar-refractivity contribution in [1.82, 2.24) is 9.88 Å². The second-order valence-corrected chi connectivity index (χ2v) is 6.58. The Bertz CT molecular complexity index is 467. The van der Waals surface area contributed by atoms with Crippen LogP contribution in [0.1, 0.15) is 37.4 Å². The molecule has 1 aromatic heterocycles. The lowest BCUT2D eigenvalue weighted by atomic mass is 9.77. The zero-order chi connectivity index (χ0) is 14.1. The molecule has 3 heteroatoms. The van der Waals surface area contributed by atoms with Gasteiger partial charge in [-0.2, -0.15) is 0 Å². The summed E-state index contributed by atoms with van der Waals surface area (Å²) in [5.41, 5.74) is 2.84. The molecule has 0 amide bonds. The zero-order valence-corrected chi connectivity index (χ0v) is 13.1. The molecule has 0 radical (unpaired) electrons. The summed E-state index contributed by atoms with van der Waals surface area (Å²) >= 11 is 0. The summed E-state index contributed by atoms with van der Waals surface area (Å²) in [5, 5.41) is 0. The van der Waals surface area contributed by atoms with Crippen LogP contribution in [0.4, 0.5) is 5.82 Å². The Labute approximate surface area is 123 Å². The highest BCUT2D eigenvalue weighted by Gasteiger charge is 2.35. The van der Waals surface area contributed by atoms with Gasteiger partial charge in [0.05, 0.1) is 0 Å². The van der Waals surface area contributed by atoms with Gasteiger partial charge in [0, 0.05) is 25.8 Å². The second kappa shape index (κ2) is 5.72. The number of piperidine rings is 1. The van der Waals surface area contributed by atoms with E-state index >= 15 is 0 Å². The topological polar surface area (TPSA) is 19.4 Å². The van der Waals surface area contributed by atoms with Gasteiger partial charge < -0.3 is 4.90 Å². The first-order valence-corrected chi connectivity index (χ1v) is 8.09. The number of rotatable bonds is 3. The molecule has 2 atom stereocenters. The Morgan fingerprint density at radius 1 is 1.30 bits per heavy atom. The first kappa shape index (κ1) is 13.9. The molecule has 1 aliphatic carbocycles. The van der Waals surface area contributed by atoms with Gasteiger partial charge in [0.1, 0.15) is 5.82 Å². The van der Waals surface area contributed by atoms with Crippen molar-refractivity contribution in [1.29, 1.82) is 0 Å². The van der Waals surface area contributed by atoms with E-state index in [0.29, 0.717) is 0 Å². The van der Waals surface area contributed by atoms with Crippen molar-refractivity contribution in [2.24, 2.45) is 5.92 Å². The maximum absolute atomic E-state index is 4.88. The number of anilines is 1. The second-order valence-electron chi connectivity index (χ2n) is 6.58. The highest BCUT2D eigenvalue weighted by Crippen LogP contribution is 2.35. The average molecular weight is 273 g/mol. The van der Waals surface area contributed by atoms with Crippen LogP contribution < -0.4 is 4.90 Å². The maximum Gasteiger partial charge on any atom is 0.128 e. The van der Waals surface area contributed by atoms with Crippen LogP contribution in [0.15, 0.2) is 12.1 Å². The van der Waals surface area contributed by atoms with Crippen molar-refractivity contribution >= 4 is 5.82 Å². The molecule has 0 N–H and O–H groups in total. The minimum Gasteiger partial charge on any atom is -0.363 e. The fraction of sp³-hybridized carbons (Fsp3) is 0.706. The molecule has 110 valence electrons. The predicted molar refractivity (Wildman–Crippen MR) is 84.3 cm³/mol. The van der Waals surface area contributed by atoms with Crippen molar-refractivity contribution in [3.05, 3.63) is 23.4 Å². The standard InChI is InChI=1S/C17H27N3/c1-4-9-20-10-5-6-14-11-15-13(12-16(14)20)7-8-17(18-15)19(2)3/h7-8,14,16H,4-6,9-12H2,1-3H3/t14-,16-/m1/s1. The van der Waals surface area contributed by atoms with Gasteiger partial charge in [-0.05, 0) is 62.7 Å². The molecule has 20 heavy (non-hydrogen) atoms. The van der Waals surface area contributed by atoms with E-state index in [9.17, 15) is 0 Å². The Morgan fingerprint density at radius 2 is 2.15 bits per heavy atom. The fourth-order valence-electron chi connectivity index (χ4n) is 3.92. The number of hydrogen-bond acceptors (Lipinski definition) is 3. The van der Waals surface area contributed by atoms with Crippen LogP contribution in [0.3, 0.4) is 0 Å². The van der Waals surface area contributed by atoms with E-state index in [0.717, 1.165) is 17.8 Å². The summed E-state index contributed by atoms with van der Waals surface area (Å²) in [5.74, 6) is 1.93. The molecule has 0 saturated carbocycles. The van der Waals surface area contributed by atoms with Crippen molar-refractivity contribution in [2.45, 2.75) is 45.1 Å². The SMILES string of the molecule is CCCN1CCC[C@@H]2Cc3nc(N(C)C)ccc3C[C@H]21. The third-order valence-electron chi connectivity index (χ3n) is 4.94. The van der Waals surface area contributed by atoms with Crippen molar-refractivity contribution in [3.63, 3.8) is 0 Å². The van der Waals surface area contributed by atoms with Crippen LogP contribution >= 0.6 is 0 Å². The van der Waals surface area contributed by atoms with E-state index in [1.54, 1.807) is 0 Å². The first-order chi connectivity index (χ1) is 9.69. The van der Waals surface area contributed by atoms with Crippen LogP contribution in [0.2, 0.25) is 0 Å². The summed E-state index contributed by atoms with van der Waals surface area (Å²) < 4.78 is 0. The van der Waals surface area contributed by atoms with Crippen LogP contribution in [0, 0.1) is 5.92 Å². The quantitative estimate of drug-likeness (QED) is 0.844. The molecule has 3 rings (SSSR count). The van der Waals surface area contributed by atoms with Gasteiger partial charge in [0.25, 0.3) is 0 Å². The first-order valence-electron chi connectivity index (χ1n) is 8.09. The van der Waals surface area contributed by atoms with E-state index in [1.165, 1.54) is 56.5 Å². The molecule has 3 nitrogen and oxygen atoms in total. The van der Waals surface area contributed by atoms with E-state index in [4.69, 9.17) is 4.98 Å². The molecule has 0 bridgehead atoms. The van der Waals surface area contributed by atoms with Crippen LogP contribution in [-0.2, 0) is 12.8 Å². The van der Waals surface area contributed by atoms with Gasteiger partial charge >= 0.3 is 0 Å². The lowest BCUT2D eigenvalue weighted by molar-refractivity contribution is 0.0846. The minimum atomic E-state index is 0.767. The molecule has 1 saturated heterocycles. The molecule has 0 aromatic carbocycles. The smallest absolute Gasteiger partial charge is 0.128 e. The summed E-state index contributed by atoms with van der Waals surface area (Å²) in [7, 11) is 4.15. The highest BCUT2D eigenvalue weighted by molar-refractivity contribution is 5.41. The highest BCUT2D eigenvalue weighted by atomic mass is 15.2. The Hall–Kier alpha value is -1.09. The Balaban J connectivity index is 1.84. The summed E-state index contributed by atoms with van der Waals surface area (Å²) in [6.45, 7) is 4.86. The molecule has 1 fully saturated rings. The van der Waals surface area contributed by atoms with Crippen LogP contribution in [-0.4, -0.2) is 43.1 Å².